The van der Waals surface area contributed by atoms with Gasteiger partial charge in [0.2, 0.25) is 0 Å². The molecule has 0 spiro atoms. The zero-order valence-corrected chi connectivity index (χ0v) is 26.4. The molecule has 0 fully saturated rings. The summed E-state index contributed by atoms with van der Waals surface area (Å²) >= 11 is 0.946. The molecule has 0 amide bonds. The predicted octanol–water partition coefficient (Wildman–Crippen LogP) is 1.56. The average Bonchev–Trinajstić information content (AvgIpc) is 3.43. The average molecular weight is 621 g/mol. The largest absolute Gasteiger partial charge is 1.00 e. The molecule has 0 aliphatic heterocycles. The molecule has 0 saturated carbocycles. The first kappa shape index (κ1) is 33.6. The van der Waals surface area contributed by atoms with Crippen molar-refractivity contribution in [3.05, 3.63) is 83.7 Å². The van der Waals surface area contributed by atoms with E-state index in [0.717, 1.165) is 28.5 Å². The zero-order valence-electron chi connectivity index (χ0n) is 23.5. The number of carboxylic acid groups (broad SMARTS) is 1. The van der Waals surface area contributed by atoms with Crippen molar-refractivity contribution < 1.29 is 62.1 Å². The van der Waals surface area contributed by atoms with Gasteiger partial charge in [-0.2, -0.15) is 5.10 Å². The van der Waals surface area contributed by atoms with Crippen LogP contribution in [0.4, 0.5) is 18.9 Å². The number of carbonyl (C=O) groups excluding carboxylic acids is 1. The van der Waals surface area contributed by atoms with Gasteiger partial charge in [-0.15, -0.1) is 18.3 Å². The van der Waals surface area contributed by atoms with Crippen molar-refractivity contribution in [1.29, 1.82) is 0 Å². The Labute approximate surface area is 271 Å². The Hall–Kier alpha value is -3.85. The van der Waals surface area contributed by atoms with Gasteiger partial charge < -0.3 is 19.4 Å². The van der Waals surface area contributed by atoms with Gasteiger partial charge in [0.1, 0.15) is 17.8 Å². The van der Waals surface area contributed by atoms with Crippen LogP contribution in [0.3, 0.4) is 0 Å². The number of rotatable bonds is 9. The second kappa shape index (κ2) is 15.0. The molecule has 0 aliphatic rings. The van der Waals surface area contributed by atoms with Gasteiger partial charge in [-0.1, -0.05) is 36.0 Å². The number of nitrogens with one attached hydrogen (secondary N) is 1. The van der Waals surface area contributed by atoms with Crippen LogP contribution in [0.2, 0.25) is 0 Å². The van der Waals surface area contributed by atoms with Gasteiger partial charge >= 0.3 is 35.9 Å². The summed E-state index contributed by atoms with van der Waals surface area (Å²) < 4.78 is 47.7. The molecule has 0 bridgehead atoms. The Morgan fingerprint density at radius 2 is 1.72 bits per heavy atom. The minimum atomic E-state index is -4.77. The maximum absolute atomic E-state index is 12.4. The molecule has 10 nitrogen and oxygen atoms in total. The molecule has 0 unspecified atom stereocenters. The van der Waals surface area contributed by atoms with Crippen molar-refractivity contribution in [3.63, 3.8) is 0 Å². The van der Waals surface area contributed by atoms with Gasteiger partial charge in [0.15, 0.2) is 11.0 Å². The molecule has 218 valence electrons. The van der Waals surface area contributed by atoms with Crippen LogP contribution in [0.15, 0.2) is 77.1 Å². The summed E-state index contributed by atoms with van der Waals surface area (Å²) in [5.74, 6) is -0.778. The molecule has 43 heavy (non-hydrogen) atoms. The van der Waals surface area contributed by atoms with Gasteiger partial charge in [0, 0.05) is 11.3 Å². The first-order chi connectivity index (χ1) is 20.0. The van der Waals surface area contributed by atoms with E-state index in [1.165, 1.54) is 35.3 Å². The van der Waals surface area contributed by atoms with Crippen molar-refractivity contribution in [1.82, 2.24) is 20.2 Å². The van der Waals surface area contributed by atoms with Crippen LogP contribution < -0.4 is 49.6 Å². The van der Waals surface area contributed by atoms with E-state index in [-0.39, 0.29) is 46.2 Å². The summed E-state index contributed by atoms with van der Waals surface area (Å²) in [7, 11) is 1.58. The number of thioether (sulfide) groups is 1. The van der Waals surface area contributed by atoms with Crippen LogP contribution in [0, 0.1) is 13.8 Å². The molecule has 0 aliphatic carbocycles. The molecule has 0 saturated heterocycles. The number of hydrogen-bond donors (Lipinski definition) is 1. The summed E-state index contributed by atoms with van der Waals surface area (Å²) in [6, 6.07) is 16.1. The second-order valence-electron chi connectivity index (χ2n) is 8.73. The number of halogens is 3. The van der Waals surface area contributed by atoms with Crippen LogP contribution in [0.1, 0.15) is 16.7 Å². The van der Waals surface area contributed by atoms with Crippen LogP contribution in [-0.2, 0) is 4.79 Å². The zero-order chi connectivity index (χ0) is 30.3. The second-order valence-corrected chi connectivity index (χ2v) is 9.70. The summed E-state index contributed by atoms with van der Waals surface area (Å²) in [5, 5.41) is 19.9. The fourth-order valence-electron chi connectivity index (χ4n) is 3.73. The Kier molecular flexibility index (Phi) is 11.8. The van der Waals surface area contributed by atoms with Crippen LogP contribution in [-0.4, -0.2) is 51.3 Å². The van der Waals surface area contributed by atoms with E-state index >= 15 is 0 Å². The van der Waals surface area contributed by atoms with Crippen LogP contribution in [0.25, 0.3) is 17.1 Å². The van der Waals surface area contributed by atoms with Crippen molar-refractivity contribution in [2.24, 2.45) is 10.1 Å². The summed E-state index contributed by atoms with van der Waals surface area (Å²) in [5.41, 5.74) is 7.11. The number of aliphatic imine (C=N–C) groups is 1. The number of aliphatic carboxylic acids is 1. The summed E-state index contributed by atoms with van der Waals surface area (Å²) in [6.07, 6.45) is -1.77. The SMILES string of the molecule is COc1cc(C)c(/N=C(/NN=Cc2ccc(-c3ncn(-c4ccc(OC(F)(F)F)cc4)n3)cc2)SCC(=O)[O-])c(C)c1.[Na+]. The topological polar surface area (TPSA) is 126 Å². The van der Waals surface area contributed by atoms with Crippen molar-refractivity contribution >= 4 is 34.8 Å². The summed E-state index contributed by atoms with van der Waals surface area (Å²) in [6.45, 7) is 3.75. The predicted molar refractivity (Wildman–Crippen MR) is 151 cm³/mol. The number of hydrogen-bond acceptors (Lipinski definition) is 9. The van der Waals surface area contributed by atoms with Crippen molar-refractivity contribution in [3.8, 4) is 28.6 Å². The van der Waals surface area contributed by atoms with Gasteiger partial charge in [-0.3, -0.25) is 5.43 Å². The summed E-state index contributed by atoms with van der Waals surface area (Å²) in [4.78, 5) is 19.9. The van der Waals surface area contributed by atoms with Gasteiger partial charge in [-0.25, -0.2) is 14.7 Å². The Morgan fingerprint density at radius 3 is 2.30 bits per heavy atom. The number of alkyl halides is 3. The molecular formula is C28H24F3N6NaO4S. The Morgan fingerprint density at radius 1 is 1.07 bits per heavy atom. The van der Waals surface area contributed by atoms with Crippen LogP contribution in [0.5, 0.6) is 11.5 Å². The monoisotopic (exact) mass is 620 g/mol. The fraction of sp³-hybridized carbons (Fsp3) is 0.179. The molecule has 1 aromatic heterocycles. The fourth-order valence-corrected chi connectivity index (χ4v) is 4.26. The third-order valence-corrected chi connectivity index (χ3v) is 6.45. The maximum atomic E-state index is 12.4. The number of carboxylic acids is 1. The smallest absolute Gasteiger partial charge is 0.549 e. The normalized spacial score (nSPS) is 11.7. The quantitative estimate of drug-likeness (QED) is 0.129. The number of methoxy groups -OCH3 is 1. The third kappa shape index (κ3) is 9.85. The number of aryl methyl sites for hydroxylation is 2. The minimum Gasteiger partial charge on any atom is -0.549 e. The first-order valence-corrected chi connectivity index (χ1v) is 13.2. The molecule has 1 N–H and O–H groups in total. The van der Waals surface area contributed by atoms with Crippen molar-refractivity contribution in [2.75, 3.05) is 12.9 Å². The van der Waals surface area contributed by atoms with E-state index < -0.39 is 12.3 Å². The molecule has 0 radical (unpaired) electrons. The van der Waals surface area contributed by atoms with Crippen LogP contribution >= 0.6 is 11.8 Å². The molecule has 4 rings (SSSR count). The number of ether oxygens (including phenoxy) is 2. The van der Waals surface area contributed by atoms with E-state index in [2.05, 4.69) is 30.3 Å². The van der Waals surface area contributed by atoms with Crippen molar-refractivity contribution in [2.45, 2.75) is 20.2 Å². The number of nitrogens with zero attached hydrogens (tertiary/aromatic N) is 5. The number of amidine groups is 1. The molecule has 0 atom stereocenters. The third-order valence-electron chi connectivity index (χ3n) is 5.61. The standard InChI is InChI=1S/C28H25F3N6O4S.Na/c1-17-12-23(40-3)13-18(2)25(17)34-27(42-15-24(38)39)35-33-14-19-4-6-20(7-5-19)26-32-16-37(36-26)21-8-10-22(11-9-21)41-28(29,30)31;/h4-14,16H,15H2,1-3H3,(H,34,35)(H,38,39);/q;+1/p-1. The molecule has 3 aromatic carbocycles. The first-order valence-electron chi connectivity index (χ1n) is 12.2. The molecule has 4 aromatic rings. The van der Waals surface area contributed by atoms with Gasteiger partial charge in [0.05, 0.1) is 30.7 Å². The molecule has 15 heteroatoms. The number of aromatic nitrogens is 3. The van der Waals surface area contributed by atoms with E-state index in [1.807, 2.05) is 26.0 Å². The Balaban J connectivity index is 0.00000506. The van der Waals surface area contributed by atoms with E-state index in [0.29, 0.717) is 28.5 Å². The number of carbonyl (C=O) groups is 1. The van der Waals surface area contributed by atoms with Gasteiger partial charge in [-0.05, 0) is 66.9 Å². The molecular weight excluding hydrogens is 596 g/mol. The number of benzene rings is 3. The molecule has 1 heterocycles. The van der Waals surface area contributed by atoms with E-state index in [1.54, 1.807) is 37.6 Å². The maximum Gasteiger partial charge on any atom is 1.00 e. The van der Waals surface area contributed by atoms with E-state index in [4.69, 9.17) is 4.74 Å². The Bertz CT molecular complexity index is 1590. The number of hydrazone groups is 1. The van der Waals surface area contributed by atoms with E-state index in [9.17, 15) is 23.1 Å². The minimum absolute atomic E-state index is 0. The van der Waals surface area contributed by atoms with Gasteiger partial charge in [0.25, 0.3) is 0 Å².